The van der Waals surface area contributed by atoms with E-state index in [1.807, 2.05) is 6.07 Å². The zero-order chi connectivity index (χ0) is 19.6. The zero-order valence-electron chi connectivity index (χ0n) is 16.1. The molecule has 4 N–H and O–H groups in total. The third-order valence-corrected chi connectivity index (χ3v) is 5.65. The minimum atomic E-state index is -0.291. The second-order valence-electron chi connectivity index (χ2n) is 7.72. The Morgan fingerprint density at radius 1 is 1.11 bits per heavy atom. The summed E-state index contributed by atoms with van der Waals surface area (Å²) in [5.41, 5.74) is 13.3. The third-order valence-electron chi connectivity index (χ3n) is 5.65. The molecule has 6 nitrogen and oxygen atoms in total. The van der Waals surface area contributed by atoms with Crippen molar-refractivity contribution in [2.45, 2.75) is 56.1 Å². The van der Waals surface area contributed by atoms with E-state index in [4.69, 9.17) is 20.9 Å². The summed E-state index contributed by atoms with van der Waals surface area (Å²) in [6.07, 6.45) is 9.81. The molecule has 28 heavy (non-hydrogen) atoms. The highest BCUT2D eigenvalue weighted by molar-refractivity contribution is 5.51. The molecule has 0 bridgehead atoms. The fraction of sp³-hybridized carbons (Fsp3) is 0.455. The number of rotatable bonds is 4. The Hall–Kier alpha value is -2.78. The second kappa shape index (κ2) is 7.69. The molecule has 1 aromatic heterocycles. The van der Waals surface area contributed by atoms with Crippen LogP contribution in [0, 0.1) is 11.8 Å². The van der Waals surface area contributed by atoms with Gasteiger partial charge in [-0.05, 0) is 56.2 Å². The first kappa shape index (κ1) is 18.6. The van der Waals surface area contributed by atoms with Crippen LogP contribution < -0.4 is 20.9 Å². The SMILES string of the molecule is COc1ccc([C@]2(C#Cc3cnc(N)nc3)C[C@@H](N)C2)cc1OC1CCCC1. The molecule has 2 aliphatic rings. The van der Waals surface area contributed by atoms with Crippen LogP contribution in [0.1, 0.15) is 49.7 Å². The van der Waals surface area contributed by atoms with E-state index in [0.29, 0.717) is 0 Å². The number of methoxy groups -OCH3 is 1. The predicted octanol–water partition coefficient (Wildman–Crippen LogP) is 2.80. The molecule has 0 radical (unpaired) electrons. The molecule has 0 spiro atoms. The fourth-order valence-corrected chi connectivity index (χ4v) is 4.09. The lowest BCUT2D eigenvalue weighted by Crippen LogP contribution is -2.48. The summed E-state index contributed by atoms with van der Waals surface area (Å²) in [4.78, 5) is 8.02. The fourth-order valence-electron chi connectivity index (χ4n) is 4.09. The zero-order valence-corrected chi connectivity index (χ0v) is 16.1. The molecule has 0 aliphatic heterocycles. The molecule has 2 aliphatic carbocycles. The smallest absolute Gasteiger partial charge is 0.219 e. The van der Waals surface area contributed by atoms with Gasteiger partial charge in [0, 0.05) is 18.4 Å². The van der Waals surface area contributed by atoms with Crippen molar-refractivity contribution in [2.24, 2.45) is 5.73 Å². The molecule has 6 heteroatoms. The lowest BCUT2D eigenvalue weighted by Gasteiger charge is -2.43. The largest absolute Gasteiger partial charge is 0.493 e. The van der Waals surface area contributed by atoms with Crippen LogP contribution in [0.3, 0.4) is 0 Å². The van der Waals surface area contributed by atoms with Gasteiger partial charge in [-0.3, -0.25) is 0 Å². The van der Waals surface area contributed by atoms with Gasteiger partial charge >= 0.3 is 0 Å². The van der Waals surface area contributed by atoms with Crippen LogP contribution in [0.4, 0.5) is 5.95 Å². The van der Waals surface area contributed by atoms with Gasteiger partial charge in [-0.15, -0.1) is 0 Å². The monoisotopic (exact) mass is 378 g/mol. The molecule has 2 aromatic rings. The van der Waals surface area contributed by atoms with Gasteiger partial charge < -0.3 is 20.9 Å². The standard InChI is InChI=1S/C22H26N4O2/c1-27-19-7-6-16(10-20(19)28-18-4-2-3-5-18)22(11-17(23)12-22)9-8-15-13-25-21(24)26-14-15/h6-7,10,13-14,17-18H,2-5,11-12,23H2,1H3,(H2,24,25,26)/t17-,22-. The van der Waals surface area contributed by atoms with Crippen LogP contribution in [0.25, 0.3) is 0 Å². The summed E-state index contributed by atoms with van der Waals surface area (Å²) in [7, 11) is 1.67. The number of nitrogens with zero attached hydrogens (tertiary/aromatic N) is 2. The van der Waals surface area contributed by atoms with E-state index in [0.717, 1.165) is 48.3 Å². The maximum absolute atomic E-state index is 6.27. The first-order valence-electron chi connectivity index (χ1n) is 9.79. The summed E-state index contributed by atoms with van der Waals surface area (Å²) >= 11 is 0. The third kappa shape index (κ3) is 3.76. The first-order valence-corrected chi connectivity index (χ1v) is 9.79. The molecule has 0 atom stereocenters. The molecule has 146 valence electrons. The van der Waals surface area contributed by atoms with Crippen molar-refractivity contribution in [1.29, 1.82) is 0 Å². The van der Waals surface area contributed by atoms with Crippen LogP contribution in [0.15, 0.2) is 30.6 Å². The normalized spacial score (nSPS) is 24.1. The summed E-state index contributed by atoms with van der Waals surface area (Å²) < 4.78 is 11.8. The molecule has 2 fully saturated rings. The van der Waals surface area contributed by atoms with E-state index < -0.39 is 0 Å². The van der Waals surface area contributed by atoms with Gasteiger partial charge in [-0.2, -0.15) is 0 Å². The van der Waals surface area contributed by atoms with Gasteiger partial charge in [-0.1, -0.05) is 17.9 Å². The quantitative estimate of drug-likeness (QED) is 0.794. The molecule has 0 saturated heterocycles. The number of hydrogen-bond donors (Lipinski definition) is 2. The minimum absolute atomic E-state index is 0.151. The van der Waals surface area contributed by atoms with Gasteiger partial charge in [0.05, 0.1) is 24.2 Å². The number of nitrogen functional groups attached to an aromatic ring is 1. The van der Waals surface area contributed by atoms with E-state index in [1.54, 1.807) is 19.5 Å². The Morgan fingerprint density at radius 3 is 2.46 bits per heavy atom. The van der Waals surface area contributed by atoms with Crippen LogP contribution in [-0.4, -0.2) is 29.2 Å². The summed E-state index contributed by atoms with van der Waals surface area (Å²) in [6.45, 7) is 0. The average Bonchev–Trinajstić information content (AvgIpc) is 3.18. The van der Waals surface area contributed by atoms with Crippen molar-refractivity contribution in [2.75, 3.05) is 12.8 Å². The Bertz CT molecular complexity index is 889. The Labute approximate surface area is 165 Å². The molecular formula is C22H26N4O2. The van der Waals surface area contributed by atoms with E-state index in [-0.39, 0.29) is 23.5 Å². The Kier molecular flexibility index (Phi) is 5.10. The maximum atomic E-state index is 6.27. The number of aromatic nitrogens is 2. The molecule has 2 saturated carbocycles. The van der Waals surface area contributed by atoms with Crippen molar-refractivity contribution in [3.8, 4) is 23.3 Å². The highest BCUT2D eigenvalue weighted by Gasteiger charge is 2.43. The number of hydrogen-bond acceptors (Lipinski definition) is 6. The summed E-state index contributed by atoms with van der Waals surface area (Å²) in [6, 6.07) is 6.27. The highest BCUT2D eigenvalue weighted by Crippen LogP contribution is 2.45. The van der Waals surface area contributed by atoms with Crippen LogP contribution in [-0.2, 0) is 5.41 Å². The van der Waals surface area contributed by atoms with Crippen molar-refractivity contribution >= 4 is 5.95 Å². The van der Waals surface area contributed by atoms with Gasteiger partial charge in [-0.25, -0.2) is 9.97 Å². The lowest BCUT2D eigenvalue weighted by atomic mass is 9.62. The summed E-state index contributed by atoms with van der Waals surface area (Å²) in [5, 5.41) is 0. The van der Waals surface area contributed by atoms with Crippen LogP contribution in [0.2, 0.25) is 0 Å². The number of anilines is 1. The maximum Gasteiger partial charge on any atom is 0.219 e. The summed E-state index contributed by atoms with van der Waals surface area (Å²) in [5.74, 6) is 8.42. The Morgan fingerprint density at radius 2 is 1.82 bits per heavy atom. The van der Waals surface area contributed by atoms with Gasteiger partial charge in [0.2, 0.25) is 5.95 Å². The van der Waals surface area contributed by atoms with E-state index in [1.165, 1.54) is 12.8 Å². The van der Waals surface area contributed by atoms with Gasteiger partial charge in [0.1, 0.15) is 0 Å². The van der Waals surface area contributed by atoms with Crippen molar-refractivity contribution < 1.29 is 9.47 Å². The van der Waals surface area contributed by atoms with Crippen LogP contribution >= 0.6 is 0 Å². The van der Waals surface area contributed by atoms with Gasteiger partial charge in [0.25, 0.3) is 0 Å². The molecule has 1 aromatic carbocycles. The average molecular weight is 378 g/mol. The molecule has 0 unspecified atom stereocenters. The van der Waals surface area contributed by atoms with Crippen molar-refractivity contribution in [3.63, 3.8) is 0 Å². The number of benzene rings is 1. The molecular weight excluding hydrogens is 352 g/mol. The number of nitrogens with two attached hydrogens (primary N) is 2. The minimum Gasteiger partial charge on any atom is -0.493 e. The first-order chi connectivity index (χ1) is 13.6. The van der Waals surface area contributed by atoms with Crippen molar-refractivity contribution in [1.82, 2.24) is 9.97 Å². The van der Waals surface area contributed by atoms with Gasteiger partial charge in [0.15, 0.2) is 11.5 Å². The molecule has 1 heterocycles. The van der Waals surface area contributed by atoms with E-state index in [9.17, 15) is 0 Å². The van der Waals surface area contributed by atoms with E-state index >= 15 is 0 Å². The number of ether oxygens (including phenoxy) is 2. The highest BCUT2D eigenvalue weighted by atomic mass is 16.5. The van der Waals surface area contributed by atoms with Crippen LogP contribution in [0.5, 0.6) is 11.5 Å². The van der Waals surface area contributed by atoms with E-state index in [2.05, 4.69) is 33.9 Å². The predicted molar refractivity (Wildman–Crippen MR) is 108 cm³/mol. The lowest BCUT2D eigenvalue weighted by molar-refractivity contribution is 0.199. The van der Waals surface area contributed by atoms with Crippen molar-refractivity contribution in [3.05, 3.63) is 41.7 Å². The second-order valence-corrected chi connectivity index (χ2v) is 7.72. The molecule has 0 amide bonds. The topological polar surface area (TPSA) is 96.3 Å². The molecule has 4 rings (SSSR count). The Balaban J connectivity index is 1.65.